The Labute approximate surface area is 153 Å². The molecule has 2 aliphatic rings. The number of benzene rings is 1. The van der Waals surface area contributed by atoms with Crippen molar-refractivity contribution in [2.75, 3.05) is 26.2 Å². The molecular weight excluding hydrogens is 336 g/mol. The summed E-state index contributed by atoms with van der Waals surface area (Å²) in [6.07, 6.45) is -1.09. The van der Waals surface area contributed by atoms with E-state index in [9.17, 15) is 25.2 Å². The van der Waals surface area contributed by atoms with Crippen molar-refractivity contribution in [3.8, 4) is 0 Å². The molecule has 0 bridgehead atoms. The second-order valence-corrected chi connectivity index (χ2v) is 7.25. The molecule has 1 aliphatic carbocycles. The first-order valence-electron chi connectivity index (χ1n) is 9.27. The van der Waals surface area contributed by atoms with E-state index >= 15 is 0 Å². The highest BCUT2D eigenvalue weighted by Crippen LogP contribution is 2.34. The molecule has 144 valence electrons. The first-order valence-corrected chi connectivity index (χ1v) is 9.27. The number of nitrogens with one attached hydrogen (secondary N) is 1. The standard InChI is InChI=1S/C19H28N2O5/c22-11-15-17(24)18(25)16(23)10-21(15)8-4-3-7-20-19(26)14-9-12-5-1-2-6-13(12)14/h1-2,5-6,14-18,22-25H,3-4,7-11H2,(H,20,26)/t14?,15-,16+,17-,18-/m1/s1. The van der Waals surface area contributed by atoms with Gasteiger partial charge in [-0.25, -0.2) is 0 Å². The molecule has 1 aromatic rings. The fourth-order valence-corrected chi connectivity index (χ4v) is 3.90. The summed E-state index contributed by atoms with van der Waals surface area (Å²) in [6, 6.07) is 7.41. The van der Waals surface area contributed by atoms with Gasteiger partial charge in [0.25, 0.3) is 0 Å². The van der Waals surface area contributed by atoms with E-state index in [1.54, 1.807) is 4.90 Å². The summed E-state index contributed by atoms with van der Waals surface area (Å²) in [7, 11) is 0. The van der Waals surface area contributed by atoms with Crippen LogP contribution >= 0.6 is 0 Å². The minimum Gasteiger partial charge on any atom is -0.395 e. The summed E-state index contributed by atoms with van der Waals surface area (Å²) in [5.74, 6) is 0.0164. The molecule has 1 heterocycles. The number of amides is 1. The summed E-state index contributed by atoms with van der Waals surface area (Å²) in [5, 5.41) is 41.9. The molecule has 5 N–H and O–H groups in total. The van der Waals surface area contributed by atoms with Crippen molar-refractivity contribution in [1.29, 1.82) is 0 Å². The van der Waals surface area contributed by atoms with E-state index < -0.39 is 24.4 Å². The Morgan fingerprint density at radius 2 is 1.92 bits per heavy atom. The lowest BCUT2D eigenvalue weighted by Crippen LogP contribution is -2.62. The first kappa shape index (κ1) is 19.3. The van der Waals surface area contributed by atoms with Crippen LogP contribution in [0.3, 0.4) is 0 Å². The molecule has 0 radical (unpaired) electrons. The third kappa shape index (κ3) is 3.92. The van der Waals surface area contributed by atoms with Crippen LogP contribution in [0.1, 0.15) is 29.9 Å². The summed E-state index contributed by atoms with van der Waals surface area (Å²) >= 11 is 0. The van der Waals surface area contributed by atoms with E-state index in [-0.39, 0.29) is 25.0 Å². The van der Waals surface area contributed by atoms with Crippen molar-refractivity contribution < 1.29 is 25.2 Å². The van der Waals surface area contributed by atoms with Gasteiger partial charge in [-0.1, -0.05) is 24.3 Å². The number of carbonyl (C=O) groups excluding carboxylic acids is 1. The molecule has 7 nitrogen and oxygen atoms in total. The highest BCUT2D eigenvalue weighted by atomic mass is 16.4. The van der Waals surface area contributed by atoms with E-state index in [0.29, 0.717) is 13.1 Å². The van der Waals surface area contributed by atoms with Crippen molar-refractivity contribution in [3.63, 3.8) is 0 Å². The smallest absolute Gasteiger partial charge is 0.227 e. The minimum atomic E-state index is -1.23. The molecular formula is C19H28N2O5. The van der Waals surface area contributed by atoms with Gasteiger partial charge in [-0.15, -0.1) is 0 Å². The fourth-order valence-electron chi connectivity index (χ4n) is 3.90. The number of rotatable bonds is 7. The van der Waals surface area contributed by atoms with Gasteiger partial charge in [-0.2, -0.15) is 0 Å². The molecule has 0 aromatic heterocycles. The lowest BCUT2D eigenvalue weighted by atomic mass is 9.77. The molecule has 1 saturated heterocycles. The quantitative estimate of drug-likeness (QED) is 0.396. The van der Waals surface area contributed by atoms with Gasteiger partial charge in [-0.05, 0) is 36.9 Å². The summed E-state index contributed by atoms with van der Waals surface area (Å²) < 4.78 is 0. The SMILES string of the molecule is O=C(NCCCCN1C[C@H](O)[C@@H](O)[C@H](O)[C@H]1CO)C1Cc2ccccc21. The van der Waals surface area contributed by atoms with Crippen molar-refractivity contribution in [2.45, 2.75) is 49.5 Å². The normalized spacial score (nSPS) is 31.2. The van der Waals surface area contributed by atoms with E-state index in [2.05, 4.69) is 11.4 Å². The van der Waals surface area contributed by atoms with Crippen LogP contribution in [-0.2, 0) is 11.2 Å². The van der Waals surface area contributed by atoms with Crippen molar-refractivity contribution in [3.05, 3.63) is 35.4 Å². The Morgan fingerprint density at radius 1 is 1.15 bits per heavy atom. The molecule has 1 unspecified atom stereocenters. The first-order chi connectivity index (χ1) is 12.5. The second kappa shape index (κ2) is 8.45. The maximum absolute atomic E-state index is 12.2. The number of hydrogen-bond donors (Lipinski definition) is 5. The summed E-state index contributed by atoms with van der Waals surface area (Å²) in [4.78, 5) is 14.0. The molecule has 7 heteroatoms. The molecule has 0 spiro atoms. The Balaban J connectivity index is 1.37. The number of hydrogen-bond acceptors (Lipinski definition) is 6. The van der Waals surface area contributed by atoms with Gasteiger partial charge in [0, 0.05) is 13.1 Å². The predicted octanol–water partition coefficient (Wildman–Crippen LogP) is -1.02. The van der Waals surface area contributed by atoms with E-state index in [0.717, 1.165) is 24.8 Å². The maximum Gasteiger partial charge on any atom is 0.227 e. The van der Waals surface area contributed by atoms with Crippen LogP contribution < -0.4 is 5.32 Å². The molecule has 5 atom stereocenters. The molecule has 1 amide bonds. The van der Waals surface area contributed by atoms with E-state index in [4.69, 9.17) is 0 Å². The second-order valence-electron chi connectivity index (χ2n) is 7.25. The van der Waals surface area contributed by atoms with Crippen molar-refractivity contribution in [2.24, 2.45) is 0 Å². The van der Waals surface area contributed by atoms with Gasteiger partial charge in [0.2, 0.25) is 5.91 Å². The molecule has 26 heavy (non-hydrogen) atoms. The average molecular weight is 364 g/mol. The molecule has 1 aromatic carbocycles. The van der Waals surface area contributed by atoms with Crippen LogP contribution in [0.15, 0.2) is 24.3 Å². The highest BCUT2D eigenvalue weighted by Gasteiger charge is 2.40. The lowest BCUT2D eigenvalue weighted by Gasteiger charge is -2.43. The number of unbranched alkanes of at least 4 members (excludes halogenated alkanes) is 1. The third-order valence-electron chi connectivity index (χ3n) is 5.56. The number of carbonyl (C=O) groups is 1. The molecule has 1 fully saturated rings. The van der Waals surface area contributed by atoms with Crippen molar-refractivity contribution >= 4 is 5.91 Å². The van der Waals surface area contributed by atoms with Crippen LogP contribution in [0.5, 0.6) is 0 Å². The van der Waals surface area contributed by atoms with Gasteiger partial charge in [-0.3, -0.25) is 9.69 Å². The molecule has 3 rings (SSSR count). The summed E-state index contributed by atoms with van der Waals surface area (Å²) in [5.41, 5.74) is 2.36. The number of fused-ring (bicyclic) bond motifs is 1. The maximum atomic E-state index is 12.2. The molecule has 0 saturated carbocycles. The van der Waals surface area contributed by atoms with Gasteiger partial charge in [0.1, 0.15) is 12.2 Å². The van der Waals surface area contributed by atoms with Crippen molar-refractivity contribution in [1.82, 2.24) is 10.2 Å². The number of aliphatic hydroxyl groups is 4. The number of β-amino-alcohol motifs (C(OH)–C–C–N with tert-alkyl or cyclic N) is 1. The highest BCUT2D eigenvalue weighted by molar-refractivity contribution is 5.86. The molecule has 1 aliphatic heterocycles. The largest absolute Gasteiger partial charge is 0.395 e. The monoisotopic (exact) mass is 364 g/mol. The van der Waals surface area contributed by atoms with Crippen LogP contribution in [0.2, 0.25) is 0 Å². The zero-order valence-electron chi connectivity index (χ0n) is 14.8. The number of nitrogens with zero attached hydrogens (tertiary/aromatic N) is 1. The van der Waals surface area contributed by atoms with Crippen LogP contribution in [0, 0.1) is 0 Å². The van der Waals surface area contributed by atoms with Gasteiger partial charge in [0.05, 0.1) is 24.7 Å². The van der Waals surface area contributed by atoms with E-state index in [1.807, 2.05) is 18.2 Å². The van der Waals surface area contributed by atoms with Gasteiger partial charge >= 0.3 is 0 Å². The average Bonchev–Trinajstić information content (AvgIpc) is 2.60. The van der Waals surface area contributed by atoms with Crippen LogP contribution in [0.25, 0.3) is 0 Å². The number of aliphatic hydroxyl groups excluding tert-OH is 4. The Kier molecular flexibility index (Phi) is 6.26. The summed E-state index contributed by atoms with van der Waals surface area (Å²) in [6.45, 7) is 1.09. The minimum absolute atomic E-state index is 0.0427. The van der Waals surface area contributed by atoms with Gasteiger partial charge < -0.3 is 25.7 Å². The van der Waals surface area contributed by atoms with Crippen LogP contribution in [0.4, 0.5) is 0 Å². The van der Waals surface area contributed by atoms with E-state index in [1.165, 1.54) is 5.56 Å². The zero-order chi connectivity index (χ0) is 18.7. The van der Waals surface area contributed by atoms with Gasteiger partial charge in [0.15, 0.2) is 0 Å². The van der Waals surface area contributed by atoms with Crippen LogP contribution in [-0.4, -0.2) is 81.8 Å². The number of likely N-dealkylation sites (tertiary alicyclic amines) is 1. The Morgan fingerprint density at radius 3 is 2.65 bits per heavy atom. The number of piperidine rings is 1. The Hall–Kier alpha value is -1.51. The predicted molar refractivity (Wildman–Crippen MR) is 95.6 cm³/mol. The fraction of sp³-hybridized carbons (Fsp3) is 0.632. The Bertz CT molecular complexity index is 626. The topological polar surface area (TPSA) is 113 Å². The zero-order valence-corrected chi connectivity index (χ0v) is 14.8. The lowest BCUT2D eigenvalue weighted by molar-refractivity contribution is -0.145. The third-order valence-corrected chi connectivity index (χ3v) is 5.56.